The van der Waals surface area contributed by atoms with Gasteiger partial charge >= 0.3 is 0 Å². The Morgan fingerprint density at radius 2 is 1.88 bits per heavy atom. The summed E-state index contributed by atoms with van der Waals surface area (Å²) in [5.74, 6) is 0. The van der Waals surface area contributed by atoms with E-state index in [0.717, 1.165) is 52.2 Å². The molecule has 1 heterocycles. The first-order chi connectivity index (χ1) is 7.93. The molecular formula is C12H23N3O. The maximum absolute atomic E-state index is 8.37. The molecule has 1 saturated heterocycles. The number of morpholine rings is 1. The highest BCUT2D eigenvalue weighted by atomic mass is 16.5. The first-order valence-corrected chi connectivity index (χ1v) is 6.31. The van der Waals surface area contributed by atoms with E-state index >= 15 is 0 Å². The molecule has 92 valence electrons. The predicted octanol–water partition coefficient (Wildman–Crippen LogP) is 0.992. The summed E-state index contributed by atoms with van der Waals surface area (Å²) in [6.45, 7) is 7.26. The van der Waals surface area contributed by atoms with Crippen LogP contribution in [0.3, 0.4) is 0 Å². The predicted molar refractivity (Wildman–Crippen MR) is 64.2 cm³/mol. The van der Waals surface area contributed by atoms with Crippen molar-refractivity contribution in [2.45, 2.75) is 25.7 Å². The van der Waals surface area contributed by atoms with Gasteiger partial charge < -0.3 is 10.1 Å². The van der Waals surface area contributed by atoms with Gasteiger partial charge in [0.2, 0.25) is 0 Å². The Morgan fingerprint density at radius 3 is 2.62 bits per heavy atom. The molecule has 0 spiro atoms. The number of hydrogen-bond donors (Lipinski definition) is 1. The summed E-state index contributed by atoms with van der Waals surface area (Å²) in [5.41, 5.74) is 0. The van der Waals surface area contributed by atoms with Gasteiger partial charge in [-0.1, -0.05) is 0 Å². The lowest BCUT2D eigenvalue weighted by molar-refractivity contribution is 0.0374. The molecule has 0 aromatic rings. The van der Waals surface area contributed by atoms with Crippen LogP contribution in [0, 0.1) is 11.3 Å². The fourth-order valence-corrected chi connectivity index (χ4v) is 1.83. The summed E-state index contributed by atoms with van der Waals surface area (Å²) in [6.07, 6.45) is 4.03. The van der Waals surface area contributed by atoms with Crippen LogP contribution in [-0.2, 0) is 4.74 Å². The number of unbranched alkanes of at least 4 members (excludes halogenated alkanes) is 2. The van der Waals surface area contributed by atoms with Crippen LogP contribution in [0.25, 0.3) is 0 Å². The molecule has 0 saturated carbocycles. The SMILES string of the molecule is N#CCCCCNCCCN1CCOCC1. The highest BCUT2D eigenvalue weighted by Crippen LogP contribution is 1.97. The molecule has 1 fully saturated rings. The van der Waals surface area contributed by atoms with Crippen LogP contribution in [0.4, 0.5) is 0 Å². The maximum Gasteiger partial charge on any atom is 0.0621 e. The summed E-state index contributed by atoms with van der Waals surface area (Å²) < 4.78 is 5.30. The molecule has 1 N–H and O–H groups in total. The van der Waals surface area contributed by atoms with E-state index in [9.17, 15) is 0 Å². The smallest absolute Gasteiger partial charge is 0.0621 e. The first-order valence-electron chi connectivity index (χ1n) is 6.31. The van der Waals surface area contributed by atoms with Crippen molar-refractivity contribution in [1.82, 2.24) is 10.2 Å². The van der Waals surface area contributed by atoms with E-state index in [2.05, 4.69) is 16.3 Å². The average molecular weight is 225 g/mol. The Balaban J connectivity index is 1.79. The minimum atomic E-state index is 0.690. The Morgan fingerprint density at radius 1 is 1.12 bits per heavy atom. The highest BCUT2D eigenvalue weighted by molar-refractivity contribution is 4.68. The van der Waals surface area contributed by atoms with Gasteiger partial charge in [0.25, 0.3) is 0 Å². The van der Waals surface area contributed by atoms with Crippen LogP contribution >= 0.6 is 0 Å². The zero-order valence-electron chi connectivity index (χ0n) is 10.1. The first kappa shape index (κ1) is 13.4. The van der Waals surface area contributed by atoms with Crippen molar-refractivity contribution in [3.8, 4) is 6.07 Å². The fraction of sp³-hybridized carbons (Fsp3) is 0.917. The van der Waals surface area contributed by atoms with Crippen LogP contribution < -0.4 is 5.32 Å². The Labute approximate surface area is 98.6 Å². The lowest BCUT2D eigenvalue weighted by Crippen LogP contribution is -2.37. The van der Waals surface area contributed by atoms with Gasteiger partial charge in [0.1, 0.15) is 0 Å². The normalized spacial score (nSPS) is 17.2. The van der Waals surface area contributed by atoms with E-state index < -0.39 is 0 Å². The minimum absolute atomic E-state index is 0.690. The third-order valence-electron chi connectivity index (χ3n) is 2.82. The maximum atomic E-state index is 8.37. The van der Waals surface area contributed by atoms with Gasteiger partial charge in [0.05, 0.1) is 19.3 Å². The second-order valence-electron chi connectivity index (χ2n) is 4.17. The molecule has 16 heavy (non-hydrogen) atoms. The van der Waals surface area contributed by atoms with E-state index in [0.29, 0.717) is 6.42 Å². The molecule has 0 unspecified atom stereocenters. The number of nitrogens with zero attached hydrogens (tertiary/aromatic N) is 2. The van der Waals surface area contributed by atoms with Crippen LogP contribution in [0.2, 0.25) is 0 Å². The van der Waals surface area contributed by atoms with Crippen LogP contribution in [0.15, 0.2) is 0 Å². The summed E-state index contributed by atoms with van der Waals surface area (Å²) >= 11 is 0. The summed E-state index contributed by atoms with van der Waals surface area (Å²) in [6, 6.07) is 2.17. The van der Waals surface area contributed by atoms with E-state index in [4.69, 9.17) is 10.00 Å². The van der Waals surface area contributed by atoms with Crippen molar-refractivity contribution < 1.29 is 4.74 Å². The summed E-state index contributed by atoms with van der Waals surface area (Å²) in [7, 11) is 0. The molecule has 1 rings (SSSR count). The fourth-order valence-electron chi connectivity index (χ4n) is 1.83. The van der Waals surface area contributed by atoms with Crippen LogP contribution in [-0.4, -0.2) is 50.8 Å². The number of hydrogen-bond acceptors (Lipinski definition) is 4. The van der Waals surface area contributed by atoms with Gasteiger partial charge in [0, 0.05) is 19.5 Å². The monoisotopic (exact) mass is 225 g/mol. The van der Waals surface area contributed by atoms with Crippen molar-refractivity contribution in [2.24, 2.45) is 0 Å². The molecule has 0 radical (unpaired) electrons. The molecule has 0 aromatic heterocycles. The van der Waals surface area contributed by atoms with Gasteiger partial charge in [-0.3, -0.25) is 4.90 Å². The number of ether oxygens (including phenoxy) is 1. The largest absolute Gasteiger partial charge is 0.379 e. The van der Waals surface area contributed by atoms with Gasteiger partial charge in [0.15, 0.2) is 0 Å². The molecule has 0 bridgehead atoms. The third kappa shape index (κ3) is 6.78. The third-order valence-corrected chi connectivity index (χ3v) is 2.82. The molecule has 0 atom stereocenters. The Bertz CT molecular complexity index is 197. The standard InChI is InChI=1S/C12H23N3O/c13-5-2-1-3-6-14-7-4-8-15-9-11-16-12-10-15/h14H,1-4,6-12H2. The van der Waals surface area contributed by atoms with E-state index in [-0.39, 0.29) is 0 Å². The summed E-state index contributed by atoms with van der Waals surface area (Å²) in [5, 5.41) is 11.8. The molecule has 0 amide bonds. The highest BCUT2D eigenvalue weighted by Gasteiger charge is 2.08. The van der Waals surface area contributed by atoms with E-state index in [1.165, 1.54) is 13.0 Å². The Hall–Kier alpha value is -0.630. The van der Waals surface area contributed by atoms with Crippen LogP contribution in [0.1, 0.15) is 25.7 Å². The molecule has 0 aromatic carbocycles. The molecule has 0 aliphatic carbocycles. The second-order valence-corrected chi connectivity index (χ2v) is 4.17. The zero-order valence-corrected chi connectivity index (χ0v) is 10.1. The molecule has 4 heteroatoms. The van der Waals surface area contributed by atoms with Crippen molar-refractivity contribution in [3.05, 3.63) is 0 Å². The Kier molecular flexibility index (Phi) is 8.05. The minimum Gasteiger partial charge on any atom is -0.379 e. The lowest BCUT2D eigenvalue weighted by atomic mass is 10.2. The second kappa shape index (κ2) is 9.59. The average Bonchev–Trinajstić information content (AvgIpc) is 2.34. The topological polar surface area (TPSA) is 48.3 Å². The van der Waals surface area contributed by atoms with Gasteiger partial charge in [-0.05, 0) is 38.9 Å². The quantitative estimate of drug-likeness (QED) is 0.626. The van der Waals surface area contributed by atoms with Crippen molar-refractivity contribution >= 4 is 0 Å². The zero-order chi connectivity index (χ0) is 11.5. The number of nitrogens with one attached hydrogen (secondary N) is 1. The number of rotatable bonds is 8. The van der Waals surface area contributed by atoms with Crippen molar-refractivity contribution in [3.63, 3.8) is 0 Å². The molecule has 1 aliphatic rings. The van der Waals surface area contributed by atoms with Crippen molar-refractivity contribution in [2.75, 3.05) is 45.9 Å². The van der Waals surface area contributed by atoms with Gasteiger partial charge in [-0.25, -0.2) is 0 Å². The van der Waals surface area contributed by atoms with Gasteiger partial charge in [-0.15, -0.1) is 0 Å². The lowest BCUT2D eigenvalue weighted by Gasteiger charge is -2.26. The molecule has 4 nitrogen and oxygen atoms in total. The molecular weight excluding hydrogens is 202 g/mol. The summed E-state index contributed by atoms with van der Waals surface area (Å²) in [4.78, 5) is 2.46. The van der Waals surface area contributed by atoms with E-state index in [1.54, 1.807) is 0 Å². The molecule has 1 aliphatic heterocycles. The van der Waals surface area contributed by atoms with Crippen LogP contribution in [0.5, 0.6) is 0 Å². The van der Waals surface area contributed by atoms with Crippen molar-refractivity contribution in [1.29, 1.82) is 5.26 Å². The van der Waals surface area contributed by atoms with E-state index in [1.807, 2.05) is 0 Å². The van der Waals surface area contributed by atoms with Gasteiger partial charge in [-0.2, -0.15) is 5.26 Å². The number of nitriles is 1.